The quantitative estimate of drug-likeness (QED) is 0.618. The number of aromatic hydroxyl groups is 1. The number of carbonyl (C=O) groups is 1. The monoisotopic (exact) mass is 392 g/mol. The van der Waals surface area contributed by atoms with Crippen LogP contribution in [0.1, 0.15) is 46.2 Å². The summed E-state index contributed by atoms with van der Waals surface area (Å²) < 4.78 is 11.9. The van der Waals surface area contributed by atoms with Crippen LogP contribution >= 0.6 is 0 Å². The third kappa shape index (κ3) is 3.78. The Hall–Kier alpha value is -3.79. The van der Waals surface area contributed by atoms with Crippen LogP contribution in [0.25, 0.3) is 0 Å². The Kier molecular flexibility index (Phi) is 5.84. The topological polar surface area (TPSA) is 105 Å². The number of aromatic nitrogens is 1. The second-order valence-electron chi connectivity index (χ2n) is 6.45. The lowest BCUT2D eigenvalue weighted by molar-refractivity contribution is 0.103. The lowest BCUT2D eigenvalue weighted by Gasteiger charge is -2.16. The summed E-state index contributed by atoms with van der Waals surface area (Å²) in [5.41, 5.74) is -0.636. The van der Waals surface area contributed by atoms with Crippen LogP contribution in [0, 0.1) is 18.3 Å². The minimum absolute atomic E-state index is 0.110. The van der Waals surface area contributed by atoms with Gasteiger partial charge in [-0.05, 0) is 43.2 Å². The Morgan fingerprint density at radius 3 is 2.69 bits per heavy atom. The molecule has 0 aliphatic carbocycles. The van der Waals surface area contributed by atoms with Crippen molar-refractivity contribution in [1.82, 2.24) is 4.57 Å². The van der Waals surface area contributed by atoms with Crippen molar-refractivity contribution in [3.63, 3.8) is 0 Å². The molecule has 2 heterocycles. The van der Waals surface area contributed by atoms with Gasteiger partial charge < -0.3 is 14.3 Å². The molecule has 0 saturated carbocycles. The van der Waals surface area contributed by atoms with Gasteiger partial charge in [-0.3, -0.25) is 14.2 Å². The average molecular weight is 392 g/mol. The highest BCUT2D eigenvalue weighted by atomic mass is 16.5. The second-order valence-corrected chi connectivity index (χ2v) is 6.45. The van der Waals surface area contributed by atoms with Crippen LogP contribution in [0.5, 0.6) is 11.6 Å². The molecule has 29 heavy (non-hydrogen) atoms. The summed E-state index contributed by atoms with van der Waals surface area (Å²) in [5, 5.41) is 20.3. The molecule has 148 valence electrons. The first-order chi connectivity index (χ1) is 14.0. The zero-order chi connectivity index (χ0) is 21.0. The van der Waals surface area contributed by atoms with Crippen LogP contribution in [0.4, 0.5) is 0 Å². The summed E-state index contributed by atoms with van der Waals surface area (Å²) >= 11 is 0. The highest BCUT2D eigenvalue weighted by molar-refractivity contribution is 6.13. The lowest BCUT2D eigenvalue weighted by atomic mass is 9.96. The molecule has 0 aliphatic heterocycles. The Labute approximate surface area is 167 Å². The minimum Gasteiger partial charge on any atom is -0.494 e. The summed E-state index contributed by atoms with van der Waals surface area (Å²) in [5.74, 6) is -0.268. The van der Waals surface area contributed by atoms with Crippen molar-refractivity contribution < 1.29 is 19.1 Å². The zero-order valence-corrected chi connectivity index (χ0v) is 16.1. The summed E-state index contributed by atoms with van der Waals surface area (Å²) in [4.78, 5) is 26.0. The fourth-order valence-electron chi connectivity index (χ4n) is 3.05. The maximum absolute atomic E-state index is 13.3. The van der Waals surface area contributed by atoms with Gasteiger partial charge in [-0.15, -0.1) is 0 Å². The van der Waals surface area contributed by atoms with Crippen LogP contribution in [-0.2, 0) is 6.54 Å². The summed E-state index contributed by atoms with van der Waals surface area (Å²) in [6.45, 7) is 3.74. The fraction of sp³-hybridized carbons (Fsp3) is 0.227. The standard InChI is InChI=1S/C22H20N2O5/c1-3-10-29-18-9-5-4-8-16(18)20(25)19-14(2)17(12-23)21(26)24(22(19)27)13-15-7-6-11-28-15/h4-9,11,27H,3,10,13H2,1-2H3. The Balaban J connectivity index is 2.18. The number of nitriles is 1. The first-order valence-corrected chi connectivity index (χ1v) is 9.14. The molecule has 0 bridgehead atoms. The van der Waals surface area contributed by atoms with E-state index >= 15 is 0 Å². The fourth-order valence-corrected chi connectivity index (χ4v) is 3.05. The molecule has 7 nitrogen and oxygen atoms in total. The van der Waals surface area contributed by atoms with Gasteiger partial charge in [0.1, 0.15) is 23.1 Å². The van der Waals surface area contributed by atoms with Gasteiger partial charge >= 0.3 is 0 Å². The largest absolute Gasteiger partial charge is 0.494 e. The van der Waals surface area contributed by atoms with Crippen LogP contribution in [0.3, 0.4) is 0 Å². The highest BCUT2D eigenvalue weighted by Gasteiger charge is 2.26. The van der Waals surface area contributed by atoms with Gasteiger partial charge in [0.05, 0.1) is 30.5 Å². The molecular weight excluding hydrogens is 372 g/mol. The lowest BCUT2D eigenvalue weighted by Crippen LogP contribution is -2.27. The number of hydrogen-bond acceptors (Lipinski definition) is 6. The number of furan rings is 1. The molecule has 1 aromatic carbocycles. The third-order valence-electron chi connectivity index (χ3n) is 4.51. The molecule has 3 rings (SSSR count). The van der Waals surface area contributed by atoms with Gasteiger partial charge in [-0.2, -0.15) is 5.26 Å². The second kappa shape index (κ2) is 8.48. The van der Waals surface area contributed by atoms with Crippen LogP contribution in [0.15, 0.2) is 51.9 Å². The molecule has 0 unspecified atom stereocenters. The summed E-state index contributed by atoms with van der Waals surface area (Å²) in [7, 11) is 0. The van der Waals surface area contributed by atoms with Crippen molar-refractivity contribution >= 4 is 5.78 Å². The van der Waals surface area contributed by atoms with E-state index in [2.05, 4.69) is 0 Å². The van der Waals surface area contributed by atoms with Crippen molar-refractivity contribution in [2.45, 2.75) is 26.8 Å². The van der Waals surface area contributed by atoms with E-state index in [1.165, 1.54) is 13.2 Å². The molecule has 1 N–H and O–H groups in total. The van der Waals surface area contributed by atoms with E-state index in [1.54, 1.807) is 36.4 Å². The van der Waals surface area contributed by atoms with Crippen molar-refractivity contribution in [3.05, 3.63) is 81.0 Å². The van der Waals surface area contributed by atoms with Gasteiger partial charge in [0, 0.05) is 0 Å². The number of para-hydroxylation sites is 1. The van der Waals surface area contributed by atoms with E-state index in [4.69, 9.17) is 9.15 Å². The Morgan fingerprint density at radius 1 is 1.28 bits per heavy atom. The number of benzene rings is 1. The van der Waals surface area contributed by atoms with E-state index in [1.807, 2.05) is 13.0 Å². The van der Waals surface area contributed by atoms with E-state index in [9.17, 15) is 20.0 Å². The van der Waals surface area contributed by atoms with Gasteiger partial charge in [0.25, 0.3) is 5.56 Å². The van der Waals surface area contributed by atoms with Crippen molar-refractivity contribution in [1.29, 1.82) is 5.26 Å². The molecule has 0 saturated heterocycles. The molecule has 0 aliphatic rings. The Morgan fingerprint density at radius 2 is 2.03 bits per heavy atom. The minimum atomic E-state index is -0.689. The molecule has 0 fully saturated rings. The first-order valence-electron chi connectivity index (χ1n) is 9.14. The number of hydrogen-bond donors (Lipinski definition) is 1. The van der Waals surface area contributed by atoms with Crippen LogP contribution in [0.2, 0.25) is 0 Å². The predicted octanol–water partition coefficient (Wildman–Crippen LogP) is 3.40. The maximum Gasteiger partial charge on any atom is 0.271 e. The molecule has 7 heteroatoms. The van der Waals surface area contributed by atoms with Gasteiger partial charge in [-0.1, -0.05) is 19.1 Å². The van der Waals surface area contributed by atoms with Crippen molar-refractivity contribution in [3.8, 4) is 17.7 Å². The molecule has 0 atom stereocenters. The van der Waals surface area contributed by atoms with Crippen LogP contribution in [-0.4, -0.2) is 22.1 Å². The molecule has 0 amide bonds. The molecule has 0 radical (unpaired) electrons. The number of ketones is 1. The van der Waals surface area contributed by atoms with E-state index < -0.39 is 17.2 Å². The van der Waals surface area contributed by atoms with Crippen molar-refractivity contribution in [2.75, 3.05) is 6.61 Å². The number of rotatable bonds is 7. The molecule has 0 spiro atoms. The third-order valence-corrected chi connectivity index (χ3v) is 4.51. The van der Waals surface area contributed by atoms with Gasteiger partial charge in [0.2, 0.25) is 11.7 Å². The van der Waals surface area contributed by atoms with Crippen molar-refractivity contribution in [2.24, 2.45) is 0 Å². The smallest absolute Gasteiger partial charge is 0.271 e. The summed E-state index contributed by atoms with van der Waals surface area (Å²) in [6.07, 6.45) is 2.20. The van der Waals surface area contributed by atoms with Gasteiger partial charge in [0.15, 0.2) is 0 Å². The Bertz CT molecular complexity index is 1140. The maximum atomic E-state index is 13.3. The molecule has 2 aromatic heterocycles. The SMILES string of the molecule is CCCOc1ccccc1C(=O)c1c(C)c(C#N)c(=O)n(Cc2ccco2)c1O. The number of pyridine rings is 1. The highest BCUT2D eigenvalue weighted by Crippen LogP contribution is 2.29. The molecular formula is C22H20N2O5. The van der Waals surface area contributed by atoms with Gasteiger partial charge in [-0.25, -0.2) is 0 Å². The average Bonchev–Trinajstić information content (AvgIpc) is 3.23. The van der Waals surface area contributed by atoms with E-state index in [-0.39, 0.29) is 28.8 Å². The van der Waals surface area contributed by atoms with E-state index in [0.717, 1.165) is 11.0 Å². The zero-order valence-electron chi connectivity index (χ0n) is 16.1. The first kappa shape index (κ1) is 20.0. The normalized spacial score (nSPS) is 10.5. The predicted molar refractivity (Wildman–Crippen MR) is 105 cm³/mol. The molecule has 3 aromatic rings. The number of carbonyl (C=O) groups excluding carboxylic acids is 1. The number of ether oxygens (including phenoxy) is 1. The van der Waals surface area contributed by atoms with E-state index in [0.29, 0.717) is 18.1 Å². The van der Waals surface area contributed by atoms with Crippen LogP contribution < -0.4 is 10.3 Å². The number of nitrogens with zero attached hydrogens (tertiary/aromatic N) is 2. The summed E-state index contributed by atoms with van der Waals surface area (Å²) in [6, 6.07) is 11.8.